The number of rotatable bonds is 4. The topological polar surface area (TPSA) is 43.1 Å². The lowest BCUT2D eigenvalue weighted by Crippen LogP contribution is -2.08. The Morgan fingerprint density at radius 2 is 2.22 bits per heavy atom. The van der Waals surface area contributed by atoms with E-state index in [-0.39, 0.29) is 5.91 Å². The first-order valence-electron chi connectivity index (χ1n) is 3.20. The molecule has 0 saturated carbocycles. The van der Waals surface area contributed by atoms with Gasteiger partial charge in [0.15, 0.2) is 0 Å². The van der Waals surface area contributed by atoms with Crippen molar-refractivity contribution < 1.29 is 4.79 Å². The molecule has 0 atom stereocenters. The zero-order chi connectivity index (χ0) is 7.11. The van der Waals surface area contributed by atoms with Crippen LogP contribution in [0.1, 0.15) is 26.2 Å². The van der Waals surface area contributed by atoms with Crippen LogP contribution < -0.4 is 5.73 Å². The predicted molar refractivity (Wildman–Crippen MR) is 37.9 cm³/mol. The van der Waals surface area contributed by atoms with Crippen LogP contribution in [0.3, 0.4) is 0 Å². The number of primary amides is 1. The highest BCUT2D eigenvalue weighted by Crippen LogP contribution is 1.90. The fourth-order valence-electron chi connectivity index (χ4n) is 0.510. The highest BCUT2D eigenvalue weighted by molar-refractivity contribution is 5.73. The second kappa shape index (κ2) is 5.35. The quantitative estimate of drug-likeness (QED) is 0.567. The minimum Gasteiger partial charge on any atom is -0.370 e. The van der Waals surface area contributed by atoms with Gasteiger partial charge in [-0.15, -0.1) is 0 Å². The van der Waals surface area contributed by atoms with Gasteiger partial charge in [-0.2, -0.15) is 0 Å². The van der Waals surface area contributed by atoms with E-state index in [1.807, 2.05) is 12.2 Å². The van der Waals surface area contributed by atoms with E-state index in [0.29, 0.717) is 6.42 Å². The van der Waals surface area contributed by atoms with Crippen molar-refractivity contribution in [1.29, 1.82) is 0 Å². The van der Waals surface area contributed by atoms with E-state index in [4.69, 9.17) is 5.73 Å². The molecule has 0 aliphatic heterocycles. The molecule has 0 aliphatic carbocycles. The summed E-state index contributed by atoms with van der Waals surface area (Å²) in [5.74, 6) is -0.226. The summed E-state index contributed by atoms with van der Waals surface area (Å²) in [6, 6.07) is 0. The van der Waals surface area contributed by atoms with Crippen LogP contribution in [-0.2, 0) is 4.79 Å². The molecule has 1 amide bonds. The van der Waals surface area contributed by atoms with Gasteiger partial charge in [0.05, 0.1) is 0 Å². The second-order valence-corrected chi connectivity index (χ2v) is 1.88. The molecule has 0 aliphatic rings. The van der Waals surface area contributed by atoms with Gasteiger partial charge in [0.2, 0.25) is 5.91 Å². The third-order valence-corrected chi connectivity index (χ3v) is 0.960. The molecular weight excluding hydrogens is 114 g/mol. The summed E-state index contributed by atoms with van der Waals surface area (Å²) >= 11 is 0. The van der Waals surface area contributed by atoms with Gasteiger partial charge in [-0.25, -0.2) is 0 Å². The molecule has 0 radical (unpaired) electrons. The van der Waals surface area contributed by atoms with Crippen LogP contribution in [0.25, 0.3) is 0 Å². The van der Waals surface area contributed by atoms with Gasteiger partial charge in [0, 0.05) is 6.42 Å². The molecule has 9 heavy (non-hydrogen) atoms. The lowest BCUT2D eigenvalue weighted by Gasteiger charge is -1.86. The Kier molecular flexibility index (Phi) is 4.88. The molecule has 2 heteroatoms. The average Bonchev–Trinajstić information content (AvgIpc) is 1.80. The Morgan fingerprint density at radius 3 is 2.67 bits per heavy atom. The largest absolute Gasteiger partial charge is 0.370 e. The number of hydrogen-bond donors (Lipinski definition) is 1. The van der Waals surface area contributed by atoms with Crippen molar-refractivity contribution in [1.82, 2.24) is 0 Å². The zero-order valence-electron chi connectivity index (χ0n) is 5.76. The minimum absolute atomic E-state index is 0.226. The highest BCUT2D eigenvalue weighted by Gasteiger charge is 1.87. The first-order valence-corrected chi connectivity index (χ1v) is 3.20. The normalized spacial score (nSPS) is 10.3. The maximum absolute atomic E-state index is 10.2. The summed E-state index contributed by atoms with van der Waals surface area (Å²) in [4.78, 5) is 10.2. The van der Waals surface area contributed by atoms with Crippen LogP contribution in [-0.4, -0.2) is 5.91 Å². The molecule has 0 aromatic rings. The highest BCUT2D eigenvalue weighted by atomic mass is 16.1. The summed E-state index contributed by atoms with van der Waals surface area (Å²) in [6.45, 7) is 2.06. The Balaban J connectivity index is 3.09. The van der Waals surface area contributed by atoms with E-state index in [9.17, 15) is 4.79 Å². The van der Waals surface area contributed by atoms with E-state index in [1.54, 1.807) is 0 Å². The van der Waals surface area contributed by atoms with Crippen LogP contribution in [0.5, 0.6) is 0 Å². The van der Waals surface area contributed by atoms with Crippen molar-refractivity contribution in [3.63, 3.8) is 0 Å². The van der Waals surface area contributed by atoms with E-state index >= 15 is 0 Å². The number of carbonyl (C=O) groups excluding carboxylic acids is 1. The van der Waals surface area contributed by atoms with E-state index in [0.717, 1.165) is 12.8 Å². The van der Waals surface area contributed by atoms with Gasteiger partial charge in [0.25, 0.3) is 0 Å². The third-order valence-electron chi connectivity index (χ3n) is 0.960. The number of allylic oxidation sites excluding steroid dienone is 2. The Labute approximate surface area is 55.7 Å². The Morgan fingerprint density at radius 1 is 1.56 bits per heavy atom. The van der Waals surface area contributed by atoms with Gasteiger partial charge in [0.1, 0.15) is 0 Å². The maximum Gasteiger partial charge on any atom is 0.217 e. The predicted octanol–water partition coefficient (Wildman–Crippen LogP) is 1.22. The van der Waals surface area contributed by atoms with Crippen LogP contribution in [0.4, 0.5) is 0 Å². The molecule has 0 saturated heterocycles. The standard InChI is InChI=1S/C7H13NO/c1-2-3-4-5-6-7(8)9/h3-4H,2,5-6H2,1H3,(H2,8,9)/b4-3+. The molecule has 0 rings (SSSR count). The summed E-state index contributed by atoms with van der Waals surface area (Å²) < 4.78 is 0. The van der Waals surface area contributed by atoms with Crippen molar-refractivity contribution in [2.45, 2.75) is 26.2 Å². The summed E-state index contributed by atoms with van der Waals surface area (Å²) in [6.07, 6.45) is 6.28. The number of hydrogen-bond acceptors (Lipinski definition) is 1. The first-order chi connectivity index (χ1) is 4.27. The van der Waals surface area contributed by atoms with Gasteiger partial charge >= 0.3 is 0 Å². The van der Waals surface area contributed by atoms with Crippen LogP contribution in [0.2, 0.25) is 0 Å². The fraction of sp³-hybridized carbons (Fsp3) is 0.571. The summed E-state index contributed by atoms with van der Waals surface area (Å²) in [7, 11) is 0. The lowest BCUT2D eigenvalue weighted by molar-refractivity contribution is -0.117. The van der Waals surface area contributed by atoms with Gasteiger partial charge in [-0.3, -0.25) is 4.79 Å². The molecule has 0 fully saturated rings. The average molecular weight is 127 g/mol. The van der Waals surface area contributed by atoms with Crippen LogP contribution >= 0.6 is 0 Å². The number of carbonyl (C=O) groups is 1. The number of amides is 1. The minimum atomic E-state index is -0.226. The zero-order valence-corrected chi connectivity index (χ0v) is 5.76. The lowest BCUT2D eigenvalue weighted by atomic mass is 10.2. The van der Waals surface area contributed by atoms with Gasteiger partial charge < -0.3 is 5.73 Å². The summed E-state index contributed by atoms with van der Waals surface area (Å²) in [5, 5.41) is 0. The van der Waals surface area contributed by atoms with E-state index < -0.39 is 0 Å². The molecule has 0 spiro atoms. The molecular formula is C7H13NO. The molecule has 52 valence electrons. The summed E-state index contributed by atoms with van der Waals surface area (Å²) in [5.41, 5.74) is 4.90. The van der Waals surface area contributed by atoms with Gasteiger partial charge in [-0.1, -0.05) is 19.1 Å². The Hall–Kier alpha value is -0.790. The first kappa shape index (κ1) is 8.21. The monoisotopic (exact) mass is 127 g/mol. The molecule has 0 aromatic heterocycles. The van der Waals surface area contributed by atoms with Crippen LogP contribution in [0.15, 0.2) is 12.2 Å². The SMILES string of the molecule is CC/C=C/CCC(N)=O. The third kappa shape index (κ3) is 7.21. The molecule has 2 nitrogen and oxygen atoms in total. The van der Waals surface area contributed by atoms with Crippen molar-refractivity contribution in [2.24, 2.45) is 5.73 Å². The molecule has 0 bridgehead atoms. The number of nitrogens with two attached hydrogens (primary N) is 1. The molecule has 0 aromatic carbocycles. The van der Waals surface area contributed by atoms with Crippen LogP contribution in [0, 0.1) is 0 Å². The molecule has 0 heterocycles. The smallest absolute Gasteiger partial charge is 0.217 e. The van der Waals surface area contributed by atoms with E-state index in [1.165, 1.54) is 0 Å². The maximum atomic E-state index is 10.2. The molecule has 0 unspecified atom stereocenters. The molecule has 2 N–H and O–H groups in total. The van der Waals surface area contributed by atoms with Crippen molar-refractivity contribution in [2.75, 3.05) is 0 Å². The van der Waals surface area contributed by atoms with Gasteiger partial charge in [-0.05, 0) is 12.8 Å². The van der Waals surface area contributed by atoms with Crippen molar-refractivity contribution in [3.05, 3.63) is 12.2 Å². The fourth-order valence-corrected chi connectivity index (χ4v) is 0.510. The van der Waals surface area contributed by atoms with E-state index in [2.05, 4.69) is 6.92 Å². The Bertz CT molecular complexity index is 107. The van der Waals surface area contributed by atoms with Crippen molar-refractivity contribution in [3.8, 4) is 0 Å². The second-order valence-electron chi connectivity index (χ2n) is 1.88. The van der Waals surface area contributed by atoms with Crippen molar-refractivity contribution >= 4 is 5.91 Å².